The van der Waals surface area contributed by atoms with Crippen LogP contribution in [-0.4, -0.2) is 6.08 Å². The predicted octanol–water partition coefficient (Wildman–Crippen LogP) is -0.844. The van der Waals surface area contributed by atoms with Gasteiger partial charge in [0.1, 0.15) is 0 Å². The van der Waals surface area contributed by atoms with Crippen molar-refractivity contribution in [1.82, 2.24) is 4.85 Å². The molecule has 0 spiro atoms. The van der Waals surface area contributed by atoms with Crippen molar-refractivity contribution in [1.29, 1.82) is 0 Å². The number of hydrogen-bond acceptors (Lipinski definition) is 2. The summed E-state index contributed by atoms with van der Waals surface area (Å²) >= 11 is 0. The lowest BCUT2D eigenvalue weighted by Gasteiger charge is -0.833. The summed E-state index contributed by atoms with van der Waals surface area (Å²) in [4.78, 5) is 18.8. The van der Waals surface area contributed by atoms with Gasteiger partial charge in [-0.1, -0.05) is 0 Å². The molecule has 0 heterocycles. The molecular formula is CNO2+. The summed E-state index contributed by atoms with van der Waals surface area (Å²) in [7, 11) is 0. The van der Waals surface area contributed by atoms with Crippen molar-refractivity contribution < 1.29 is 4.79 Å². The minimum absolute atomic E-state index is 0.750. The van der Waals surface area contributed by atoms with Crippen LogP contribution in [-0.2, 0) is 4.79 Å². The third-order valence-electron chi connectivity index (χ3n) is 0.0373. The highest BCUT2D eigenvalue weighted by atomic mass is 16.2. The quantitative estimate of drug-likeness (QED) is 0.207. The summed E-state index contributed by atoms with van der Waals surface area (Å²) in [6.07, 6.45) is 0.750. The van der Waals surface area contributed by atoms with Crippen LogP contribution in [0, 0.1) is 4.91 Å². The number of carbonyl (C=O) groups excluding carboxylic acids is 1. The number of isocyanates is 1. The van der Waals surface area contributed by atoms with E-state index in [4.69, 9.17) is 9.70 Å². The van der Waals surface area contributed by atoms with Crippen molar-refractivity contribution in [2.24, 2.45) is 0 Å². The lowest BCUT2D eigenvalue weighted by molar-refractivity contribution is 0.564. The van der Waals surface area contributed by atoms with Gasteiger partial charge >= 0.3 is 10.9 Å². The predicted molar refractivity (Wildman–Crippen MR) is 11.2 cm³/mol. The molecule has 0 unspecified atom stereocenters. The second kappa shape index (κ2) is 2.09. The molecule has 0 aliphatic rings. The van der Waals surface area contributed by atoms with Gasteiger partial charge in [0.2, 0.25) is 0 Å². The van der Waals surface area contributed by atoms with Crippen LogP contribution in [0.2, 0.25) is 0 Å². The SMILES string of the molecule is O=C=[N+]=O. The smallest absolute Gasteiger partial charge is 0.141 e. The van der Waals surface area contributed by atoms with Crippen LogP contribution >= 0.6 is 0 Å². The van der Waals surface area contributed by atoms with Crippen LogP contribution in [0.5, 0.6) is 0 Å². The second-order valence-electron chi connectivity index (χ2n) is 0.183. The van der Waals surface area contributed by atoms with Crippen LogP contribution in [0.25, 0.3) is 0 Å². The summed E-state index contributed by atoms with van der Waals surface area (Å²) in [5, 5.41) is 0. The molecule has 0 aromatic carbocycles. The maximum absolute atomic E-state index is 8.57. The fraction of sp³-hybridized carbons (Fsp3) is 0. The van der Waals surface area contributed by atoms with Gasteiger partial charge in [-0.05, 0) is 0 Å². The average molecular weight is 58.0 g/mol. The van der Waals surface area contributed by atoms with Crippen LogP contribution < -0.4 is 4.85 Å². The molecule has 0 amide bonds. The van der Waals surface area contributed by atoms with Gasteiger partial charge < -0.3 is 0 Å². The van der Waals surface area contributed by atoms with E-state index in [9.17, 15) is 0 Å². The second-order valence-corrected chi connectivity index (χ2v) is 0.183. The zero-order chi connectivity index (χ0) is 3.41. The van der Waals surface area contributed by atoms with Crippen molar-refractivity contribution in [2.75, 3.05) is 0 Å². The maximum atomic E-state index is 8.57. The Bertz CT molecular complexity index is 56.1. The molecule has 0 rings (SSSR count). The van der Waals surface area contributed by atoms with Crippen molar-refractivity contribution >= 4 is 6.08 Å². The lowest BCUT2D eigenvalue weighted by Crippen LogP contribution is -1.45. The molecule has 4 heavy (non-hydrogen) atoms. The summed E-state index contributed by atoms with van der Waals surface area (Å²) < 4.78 is 0. The van der Waals surface area contributed by atoms with E-state index in [1.807, 2.05) is 0 Å². The van der Waals surface area contributed by atoms with Crippen LogP contribution in [0.3, 0.4) is 0 Å². The molecule has 3 nitrogen and oxygen atoms in total. The molecule has 0 saturated carbocycles. The number of nitroso groups, excluding NO2 is 1. The van der Waals surface area contributed by atoms with Crippen molar-refractivity contribution in [3.63, 3.8) is 0 Å². The Balaban J connectivity index is 3.95. The Morgan fingerprint density at radius 3 is 2.00 bits per heavy atom. The van der Waals surface area contributed by atoms with Crippen molar-refractivity contribution in [2.45, 2.75) is 0 Å². The minimum atomic E-state index is 0.750. The number of hydrogen-bond donors (Lipinski definition) is 0. The summed E-state index contributed by atoms with van der Waals surface area (Å²) in [6.45, 7) is 0. The maximum Gasteiger partial charge on any atom is 0.643 e. The number of nitrogens with zero attached hydrogens (tertiary/aromatic N) is 1. The van der Waals surface area contributed by atoms with E-state index in [1.54, 1.807) is 4.85 Å². The molecule has 20 valence electrons. The minimum Gasteiger partial charge on any atom is -0.141 e. The van der Waals surface area contributed by atoms with E-state index in [2.05, 4.69) is 0 Å². The van der Waals surface area contributed by atoms with Gasteiger partial charge in [-0.25, -0.2) is 0 Å². The first-order valence-electron chi connectivity index (χ1n) is 0.610. The summed E-state index contributed by atoms with van der Waals surface area (Å²) in [5.41, 5.74) is 0. The van der Waals surface area contributed by atoms with Crippen LogP contribution in [0.4, 0.5) is 0 Å². The molecule has 3 heteroatoms. The Kier molecular flexibility index (Phi) is 1.61. The van der Waals surface area contributed by atoms with Gasteiger partial charge in [0.15, 0.2) is 4.91 Å². The summed E-state index contributed by atoms with van der Waals surface area (Å²) in [5.74, 6) is 0. The monoisotopic (exact) mass is 58.0 g/mol. The van der Waals surface area contributed by atoms with Gasteiger partial charge in [0.25, 0.3) is 0 Å². The van der Waals surface area contributed by atoms with E-state index in [1.165, 1.54) is 0 Å². The Morgan fingerprint density at radius 2 is 2.00 bits per heavy atom. The van der Waals surface area contributed by atoms with Gasteiger partial charge in [-0.15, -0.1) is 4.79 Å². The highest BCUT2D eigenvalue weighted by Gasteiger charge is 1.54. The summed E-state index contributed by atoms with van der Waals surface area (Å²) in [6, 6.07) is 0. The first-order valence-corrected chi connectivity index (χ1v) is 0.610. The third-order valence-corrected chi connectivity index (χ3v) is 0.0373. The van der Waals surface area contributed by atoms with Crippen LogP contribution in [0.1, 0.15) is 0 Å². The zero-order valence-corrected chi connectivity index (χ0v) is 1.76. The Morgan fingerprint density at radius 1 is 1.75 bits per heavy atom. The van der Waals surface area contributed by atoms with Crippen molar-refractivity contribution in [3.8, 4) is 0 Å². The van der Waals surface area contributed by atoms with Gasteiger partial charge in [0, 0.05) is 0 Å². The largest absolute Gasteiger partial charge is 0.643 e. The number of rotatable bonds is 0. The van der Waals surface area contributed by atoms with Crippen LogP contribution in [0.15, 0.2) is 0 Å². The Hall–Kier alpha value is -0.910. The molecule has 0 bridgehead atoms. The van der Waals surface area contributed by atoms with E-state index >= 15 is 0 Å². The van der Waals surface area contributed by atoms with E-state index in [-0.39, 0.29) is 0 Å². The molecule has 0 aliphatic carbocycles. The molecule has 0 radical (unpaired) electrons. The fourth-order valence-electron chi connectivity index (χ4n) is 0. The topological polar surface area (TPSA) is 48.2 Å². The zero-order valence-electron chi connectivity index (χ0n) is 1.76. The molecule has 0 aromatic heterocycles. The molecule has 0 aromatic rings. The Labute approximate surface area is 21.9 Å². The molecular weight excluding hydrogens is 58.0 g/mol. The standard InChI is InChI=1S/CNO2/c3-1-2-4/q+1. The highest BCUT2D eigenvalue weighted by molar-refractivity contribution is 5.29. The molecule has 0 saturated heterocycles. The molecule has 0 atom stereocenters. The lowest BCUT2D eigenvalue weighted by atomic mass is 11.7. The first kappa shape index (κ1) is 3.09. The third kappa shape index (κ3) is 1.09. The molecule has 0 N–H and O–H groups in total. The van der Waals surface area contributed by atoms with Gasteiger partial charge in [0.05, 0.1) is 0 Å². The fourth-order valence-corrected chi connectivity index (χ4v) is 0. The van der Waals surface area contributed by atoms with E-state index in [0.717, 1.165) is 6.08 Å². The molecule has 0 fully saturated rings. The first-order chi connectivity index (χ1) is 1.91. The van der Waals surface area contributed by atoms with Gasteiger partial charge in [-0.2, -0.15) is 0 Å². The van der Waals surface area contributed by atoms with E-state index in [0.29, 0.717) is 0 Å². The van der Waals surface area contributed by atoms with Gasteiger partial charge in [-0.3, -0.25) is 0 Å². The van der Waals surface area contributed by atoms with Crippen molar-refractivity contribution in [3.05, 3.63) is 4.91 Å². The normalized spacial score (nSPS) is 3.00. The average Bonchev–Trinajstić information content (AvgIpc) is 1.37. The molecule has 0 aliphatic heterocycles. The van der Waals surface area contributed by atoms with E-state index < -0.39 is 0 Å². The highest BCUT2D eigenvalue weighted by Crippen LogP contribution is 0.879.